The zero-order valence-corrected chi connectivity index (χ0v) is 17.1. The van der Waals surface area contributed by atoms with Crippen LogP contribution in [0.2, 0.25) is 0 Å². The van der Waals surface area contributed by atoms with Gasteiger partial charge in [0.2, 0.25) is 11.9 Å². The molecule has 0 spiro atoms. The number of para-hydroxylation sites is 1. The van der Waals surface area contributed by atoms with Crippen molar-refractivity contribution in [3.63, 3.8) is 0 Å². The number of anilines is 2. The molecule has 1 aromatic heterocycles. The quantitative estimate of drug-likeness (QED) is 0.614. The molecule has 2 aromatic carbocycles. The number of amides is 2. The van der Waals surface area contributed by atoms with E-state index in [-0.39, 0.29) is 30.9 Å². The monoisotopic (exact) mass is 455 g/mol. The molecule has 2 heterocycles. The number of nitrogens with one attached hydrogen (secondary N) is 2. The Bertz CT molecular complexity index is 1080. The van der Waals surface area contributed by atoms with Crippen molar-refractivity contribution >= 4 is 39.4 Å². The van der Waals surface area contributed by atoms with Crippen LogP contribution < -0.4 is 15.4 Å². The lowest BCUT2D eigenvalue weighted by atomic mass is 10.0. The van der Waals surface area contributed by atoms with Gasteiger partial charge in [-0.2, -0.15) is 10.1 Å². The summed E-state index contributed by atoms with van der Waals surface area (Å²) in [6.45, 7) is 1.79. The molecule has 0 bridgehead atoms. The van der Waals surface area contributed by atoms with Crippen LogP contribution in [-0.4, -0.2) is 33.2 Å². The van der Waals surface area contributed by atoms with E-state index in [0.717, 1.165) is 15.6 Å². The van der Waals surface area contributed by atoms with Crippen molar-refractivity contribution in [3.05, 3.63) is 64.4 Å². The molecule has 29 heavy (non-hydrogen) atoms. The number of aromatic nitrogens is 3. The van der Waals surface area contributed by atoms with Crippen molar-refractivity contribution in [2.75, 3.05) is 17.2 Å². The van der Waals surface area contributed by atoms with E-state index >= 15 is 0 Å². The first-order chi connectivity index (χ1) is 14.0. The number of carbonyl (C=O) groups is 2. The van der Waals surface area contributed by atoms with Crippen molar-refractivity contribution in [2.45, 2.75) is 19.4 Å². The van der Waals surface area contributed by atoms with Crippen LogP contribution in [0.15, 0.2) is 53.3 Å². The second-order valence-electron chi connectivity index (χ2n) is 6.63. The summed E-state index contributed by atoms with van der Waals surface area (Å²) < 4.78 is 8.41. The van der Waals surface area contributed by atoms with Gasteiger partial charge in [-0.25, -0.2) is 4.68 Å². The van der Waals surface area contributed by atoms with Gasteiger partial charge >= 0.3 is 0 Å². The minimum atomic E-state index is -0.352. The van der Waals surface area contributed by atoms with E-state index in [4.69, 9.17) is 4.74 Å². The van der Waals surface area contributed by atoms with E-state index in [1.807, 2.05) is 43.3 Å². The van der Waals surface area contributed by atoms with Gasteiger partial charge in [0, 0.05) is 15.7 Å². The lowest BCUT2D eigenvalue weighted by Crippen LogP contribution is -2.29. The standard InChI is InChI=1S/C20H18BrN5O3/c1-12-8-13(6-7-15(12)21)24-19(28)10-29-17-5-3-2-4-14(17)16-9-18(27)25-20-22-11-23-26(16)20/h2-8,11,16H,9-10H2,1H3,(H,24,28)(H,22,23,25,27). The normalized spacial score (nSPS) is 15.4. The summed E-state index contributed by atoms with van der Waals surface area (Å²) in [6.07, 6.45) is 1.60. The Labute approximate surface area is 175 Å². The van der Waals surface area contributed by atoms with Gasteiger partial charge in [-0.1, -0.05) is 34.1 Å². The maximum Gasteiger partial charge on any atom is 0.262 e. The molecule has 0 saturated carbocycles. The van der Waals surface area contributed by atoms with Crippen LogP contribution in [0.5, 0.6) is 5.75 Å². The smallest absolute Gasteiger partial charge is 0.262 e. The highest BCUT2D eigenvalue weighted by molar-refractivity contribution is 9.10. The number of rotatable bonds is 5. The first-order valence-electron chi connectivity index (χ1n) is 8.98. The third kappa shape index (κ3) is 4.14. The molecule has 8 nitrogen and oxygen atoms in total. The number of ether oxygens (including phenoxy) is 1. The Kier molecular flexibility index (Phi) is 5.30. The SMILES string of the molecule is Cc1cc(NC(=O)COc2ccccc2C2CC(=O)Nc3ncnn32)ccc1Br. The topological polar surface area (TPSA) is 98.1 Å². The number of benzene rings is 2. The number of hydrogen-bond donors (Lipinski definition) is 2. The molecule has 0 radical (unpaired) electrons. The second-order valence-corrected chi connectivity index (χ2v) is 7.49. The fourth-order valence-corrected chi connectivity index (χ4v) is 3.44. The Morgan fingerprint density at radius 3 is 3.00 bits per heavy atom. The summed E-state index contributed by atoms with van der Waals surface area (Å²) in [4.78, 5) is 28.4. The minimum absolute atomic E-state index is 0.145. The summed E-state index contributed by atoms with van der Waals surface area (Å²) in [5.41, 5.74) is 2.48. The van der Waals surface area contributed by atoms with Crippen LogP contribution in [-0.2, 0) is 9.59 Å². The molecule has 0 saturated heterocycles. The molecule has 1 unspecified atom stereocenters. The third-order valence-electron chi connectivity index (χ3n) is 4.58. The summed E-state index contributed by atoms with van der Waals surface area (Å²) in [5, 5.41) is 9.72. The van der Waals surface area contributed by atoms with Gasteiger partial charge < -0.3 is 10.1 Å². The maximum atomic E-state index is 12.3. The van der Waals surface area contributed by atoms with Gasteiger partial charge in [-0.05, 0) is 36.8 Å². The maximum absolute atomic E-state index is 12.3. The molecule has 3 aromatic rings. The number of hydrogen-bond acceptors (Lipinski definition) is 5. The minimum Gasteiger partial charge on any atom is -0.483 e. The van der Waals surface area contributed by atoms with Gasteiger partial charge in [0.1, 0.15) is 12.1 Å². The number of fused-ring (bicyclic) bond motifs is 1. The van der Waals surface area contributed by atoms with E-state index in [0.29, 0.717) is 17.4 Å². The molecular formula is C20H18BrN5O3. The average Bonchev–Trinajstić information content (AvgIpc) is 3.17. The van der Waals surface area contributed by atoms with E-state index < -0.39 is 0 Å². The zero-order chi connectivity index (χ0) is 20.4. The predicted molar refractivity (Wildman–Crippen MR) is 111 cm³/mol. The fourth-order valence-electron chi connectivity index (χ4n) is 3.20. The Morgan fingerprint density at radius 1 is 1.34 bits per heavy atom. The van der Waals surface area contributed by atoms with Crippen LogP contribution in [0.4, 0.5) is 11.6 Å². The lowest BCUT2D eigenvalue weighted by molar-refractivity contribution is -0.118. The third-order valence-corrected chi connectivity index (χ3v) is 5.47. The van der Waals surface area contributed by atoms with Crippen LogP contribution >= 0.6 is 15.9 Å². The highest BCUT2D eigenvalue weighted by Gasteiger charge is 2.29. The van der Waals surface area contributed by atoms with E-state index in [1.54, 1.807) is 10.7 Å². The molecule has 4 rings (SSSR count). The molecule has 148 valence electrons. The van der Waals surface area contributed by atoms with Crippen LogP contribution in [0.3, 0.4) is 0 Å². The van der Waals surface area contributed by atoms with Crippen molar-refractivity contribution < 1.29 is 14.3 Å². The van der Waals surface area contributed by atoms with Crippen molar-refractivity contribution in [2.24, 2.45) is 0 Å². The molecule has 1 aliphatic heterocycles. The van der Waals surface area contributed by atoms with Gasteiger partial charge in [0.15, 0.2) is 6.61 Å². The van der Waals surface area contributed by atoms with Crippen molar-refractivity contribution in [1.82, 2.24) is 14.8 Å². The zero-order valence-electron chi connectivity index (χ0n) is 15.6. The van der Waals surface area contributed by atoms with E-state index in [2.05, 4.69) is 36.6 Å². The van der Waals surface area contributed by atoms with Gasteiger partial charge in [0.25, 0.3) is 5.91 Å². The molecule has 9 heteroatoms. The fraction of sp³-hybridized carbons (Fsp3) is 0.200. The molecular weight excluding hydrogens is 438 g/mol. The molecule has 0 fully saturated rings. The molecule has 2 amide bonds. The van der Waals surface area contributed by atoms with E-state index in [9.17, 15) is 9.59 Å². The summed E-state index contributed by atoms with van der Waals surface area (Å²) in [5.74, 6) is 0.498. The average molecular weight is 456 g/mol. The van der Waals surface area contributed by atoms with Crippen molar-refractivity contribution in [3.8, 4) is 5.75 Å². The Morgan fingerprint density at radius 2 is 2.17 bits per heavy atom. The van der Waals surface area contributed by atoms with Crippen molar-refractivity contribution in [1.29, 1.82) is 0 Å². The Balaban J connectivity index is 1.49. The van der Waals surface area contributed by atoms with Gasteiger partial charge in [-0.15, -0.1) is 0 Å². The second kappa shape index (κ2) is 8.04. The molecule has 0 aliphatic carbocycles. The molecule has 2 N–H and O–H groups in total. The lowest BCUT2D eigenvalue weighted by Gasteiger charge is -2.25. The first-order valence-corrected chi connectivity index (χ1v) is 9.77. The van der Waals surface area contributed by atoms with Crippen LogP contribution in [0.25, 0.3) is 0 Å². The number of carbonyl (C=O) groups excluding carboxylic acids is 2. The molecule has 1 atom stereocenters. The summed E-state index contributed by atoms with van der Waals surface area (Å²) in [7, 11) is 0. The largest absolute Gasteiger partial charge is 0.483 e. The summed E-state index contributed by atoms with van der Waals surface area (Å²) in [6, 6.07) is 12.5. The highest BCUT2D eigenvalue weighted by atomic mass is 79.9. The van der Waals surface area contributed by atoms with E-state index in [1.165, 1.54) is 6.33 Å². The van der Waals surface area contributed by atoms with Crippen LogP contribution in [0.1, 0.15) is 23.6 Å². The summed E-state index contributed by atoms with van der Waals surface area (Å²) >= 11 is 3.44. The highest BCUT2D eigenvalue weighted by Crippen LogP contribution is 2.34. The predicted octanol–water partition coefficient (Wildman–Crippen LogP) is 3.30. The number of halogens is 1. The van der Waals surface area contributed by atoms with Crippen LogP contribution in [0, 0.1) is 6.92 Å². The first kappa shape index (κ1) is 19.1. The molecule has 1 aliphatic rings. The van der Waals surface area contributed by atoms with Gasteiger partial charge in [-0.3, -0.25) is 14.9 Å². The van der Waals surface area contributed by atoms with Gasteiger partial charge in [0.05, 0.1) is 12.5 Å². The number of nitrogens with zero attached hydrogens (tertiary/aromatic N) is 3. The number of aryl methyl sites for hydroxylation is 1. The Hall–Kier alpha value is -3.20.